The van der Waals surface area contributed by atoms with Crippen LogP contribution in [0.4, 0.5) is 4.39 Å². The van der Waals surface area contributed by atoms with Crippen molar-refractivity contribution < 1.29 is 14.0 Å². The molecule has 130 valence electrons. The molecule has 0 fully saturated rings. The van der Waals surface area contributed by atoms with Crippen molar-refractivity contribution in [2.24, 2.45) is 0 Å². The fourth-order valence-corrected chi connectivity index (χ4v) is 3.02. The Morgan fingerprint density at radius 1 is 1.40 bits per heavy atom. The Morgan fingerprint density at radius 3 is 2.92 bits per heavy atom. The molecule has 0 atom stereocenters. The Morgan fingerprint density at radius 2 is 2.20 bits per heavy atom. The smallest absolute Gasteiger partial charge is 0.293 e. The number of carbonyl (C=O) groups is 1. The van der Waals surface area contributed by atoms with E-state index in [9.17, 15) is 9.18 Å². The monoisotopic (exact) mass is 361 g/mol. The first-order valence-electron chi connectivity index (χ1n) is 7.81. The summed E-state index contributed by atoms with van der Waals surface area (Å²) in [6.45, 7) is 4.04. The van der Waals surface area contributed by atoms with Gasteiger partial charge in [0.15, 0.2) is 0 Å². The van der Waals surface area contributed by atoms with Gasteiger partial charge in [0.05, 0.1) is 29.9 Å². The molecule has 0 aliphatic heterocycles. The van der Waals surface area contributed by atoms with Gasteiger partial charge >= 0.3 is 0 Å². The highest BCUT2D eigenvalue weighted by atomic mass is 35.5. The maximum atomic E-state index is 14.3. The summed E-state index contributed by atoms with van der Waals surface area (Å²) < 4.78 is 15.9. The third-order valence-corrected chi connectivity index (χ3v) is 4.25. The van der Waals surface area contributed by atoms with Crippen molar-refractivity contribution >= 4 is 28.4 Å². The molecule has 5 nitrogen and oxygen atoms in total. The van der Waals surface area contributed by atoms with Crippen LogP contribution in [0.3, 0.4) is 0 Å². The number of halogens is 2. The van der Waals surface area contributed by atoms with Crippen LogP contribution in [-0.2, 0) is 11.4 Å². The van der Waals surface area contributed by atoms with E-state index in [1.807, 2.05) is 13.0 Å². The highest BCUT2D eigenvalue weighted by molar-refractivity contribution is 6.38. The van der Waals surface area contributed by atoms with Gasteiger partial charge in [-0.3, -0.25) is 14.6 Å². The van der Waals surface area contributed by atoms with Crippen LogP contribution in [0.5, 0.6) is 0 Å². The van der Waals surface area contributed by atoms with Crippen molar-refractivity contribution in [3.63, 3.8) is 0 Å². The molecule has 0 radical (unpaired) electrons. The average molecular weight is 362 g/mol. The number of hydrogen-bond donors (Lipinski definition) is 1. The molecule has 0 spiro atoms. The Balaban J connectivity index is 2.13. The first-order chi connectivity index (χ1) is 12.0. The lowest BCUT2D eigenvalue weighted by molar-refractivity contribution is 0.0357. The molecular formula is C18H17ClFN3O2. The van der Waals surface area contributed by atoms with Gasteiger partial charge in [-0.15, -0.1) is 0 Å². The van der Waals surface area contributed by atoms with Crippen LogP contribution in [0.1, 0.15) is 28.5 Å². The van der Waals surface area contributed by atoms with Crippen LogP contribution in [0.15, 0.2) is 36.7 Å². The Kier molecular flexibility index (Phi) is 5.01. The van der Waals surface area contributed by atoms with Crippen molar-refractivity contribution in [2.75, 3.05) is 6.61 Å². The summed E-state index contributed by atoms with van der Waals surface area (Å²) in [6, 6.07) is 6.70. The molecule has 1 N–H and O–H groups in total. The van der Waals surface area contributed by atoms with E-state index >= 15 is 0 Å². The highest BCUT2D eigenvalue weighted by Gasteiger charge is 2.22. The molecule has 2 heterocycles. The summed E-state index contributed by atoms with van der Waals surface area (Å²) in [7, 11) is 0. The van der Waals surface area contributed by atoms with E-state index in [1.165, 1.54) is 6.07 Å². The molecule has 3 aromatic rings. The summed E-state index contributed by atoms with van der Waals surface area (Å²) >= 11 is 6.41. The number of aryl methyl sites for hydroxylation is 1. The van der Waals surface area contributed by atoms with Crippen molar-refractivity contribution in [1.29, 1.82) is 0 Å². The fraction of sp³-hybridized carbons (Fsp3) is 0.222. The molecule has 0 saturated carbocycles. The summed E-state index contributed by atoms with van der Waals surface area (Å²) in [5.74, 6) is -0.825. The number of nitrogens with zero attached hydrogens (tertiary/aromatic N) is 2. The van der Waals surface area contributed by atoms with Crippen molar-refractivity contribution in [3.05, 3.63) is 64.3 Å². The number of pyridine rings is 1. The summed E-state index contributed by atoms with van der Waals surface area (Å²) in [6.07, 6.45) is 3.19. The molecule has 2 aromatic heterocycles. The Bertz CT molecular complexity index is 939. The molecule has 25 heavy (non-hydrogen) atoms. The summed E-state index contributed by atoms with van der Waals surface area (Å²) in [5.41, 5.74) is 4.47. The minimum atomic E-state index is -0.490. The van der Waals surface area contributed by atoms with Crippen LogP contribution in [-0.4, -0.2) is 22.1 Å². The first-order valence-corrected chi connectivity index (χ1v) is 8.19. The molecule has 1 aromatic carbocycles. The van der Waals surface area contributed by atoms with Gasteiger partial charge in [-0.05, 0) is 31.5 Å². The number of carbonyl (C=O) groups excluding carboxylic acids is 1. The third-order valence-electron chi connectivity index (χ3n) is 3.87. The second kappa shape index (κ2) is 7.21. The van der Waals surface area contributed by atoms with Gasteiger partial charge in [-0.1, -0.05) is 23.7 Å². The number of aromatic nitrogens is 2. The van der Waals surface area contributed by atoms with E-state index in [4.69, 9.17) is 16.4 Å². The quantitative estimate of drug-likeness (QED) is 0.702. The van der Waals surface area contributed by atoms with Crippen LogP contribution in [0, 0.1) is 12.7 Å². The van der Waals surface area contributed by atoms with E-state index in [0.717, 1.165) is 5.56 Å². The van der Waals surface area contributed by atoms with Crippen LogP contribution >= 0.6 is 11.6 Å². The van der Waals surface area contributed by atoms with Crippen molar-refractivity contribution in [2.45, 2.75) is 20.4 Å². The van der Waals surface area contributed by atoms with Gasteiger partial charge in [-0.25, -0.2) is 9.87 Å². The Labute approximate surface area is 149 Å². The lowest BCUT2D eigenvalue weighted by Crippen LogP contribution is -2.26. The first kappa shape index (κ1) is 17.4. The number of fused-ring (bicyclic) bond motifs is 1. The number of hydrogen-bond acceptors (Lipinski definition) is 3. The van der Waals surface area contributed by atoms with E-state index in [-0.39, 0.29) is 23.1 Å². The Hall–Kier alpha value is -2.44. The number of benzene rings is 1. The van der Waals surface area contributed by atoms with Gasteiger partial charge in [0, 0.05) is 17.1 Å². The summed E-state index contributed by atoms with van der Waals surface area (Å²) in [5, 5.41) is 0.952. The van der Waals surface area contributed by atoms with Gasteiger partial charge < -0.3 is 4.57 Å². The molecule has 7 heteroatoms. The van der Waals surface area contributed by atoms with Crippen LogP contribution < -0.4 is 5.48 Å². The van der Waals surface area contributed by atoms with Gasteiger partial charge in [-0.2, -0.15) is 0 Å². The largest absolute Gasteiger partial charge is 0.329 e. The molecule has 3 rings (SSSR count). The normalized spacial score (nSPS) is 11.0. The predicted molar refractivity (Wildman–Crippen MR) is 94.1 cm³/mol. The molecule has 0 saturated heterocycles. The summed E-state index contributed by atoms with van der Waals surface area (Å²) in [4.78, 5) is 21.6. The molecule has 0 unspecified atom stereocenters. The number of rotatable bonds is 5. The standard InChI is InChI=1S/C18H17ClFN3O2/c1-3-25-22-18(24)17-16(19)13-6-7-21-9-15(13)23(17)10-12-5-4-11(2)8-14(12)20/h4-9H,3,10H2,1-2H3,(H,22,24). The van der Waals surface area contributed by atoms with E-state index < -0.39 is 5.91 Å². The zero-order valence-corrected chi connectivity index (χ0v) is 14.6. The molecule has 1 amide bonds. The second-order valence-electron chi connectivity index (χ2n) is 5.60. The van der Waals surface area contributed by atoms with Crippen LogP contribution in [0.2, 0.25) is 5.02 Å². The molecule has 0 aliphatic rings. The molecule has 0 bridgehead atoms. The fourth-order valence-electron chi connectivity index (χ4n) is 2.68. The SMILES string of the molecule is CCONC(=O)c1c(Cl)c2ccncc2n1Cc1ccc(C)cc1F. The van der Waals surface area contributed by atoms with Gasteiger partial charge in [0.25, 0.3) is 5.91 Å². The zero-order valence-electron chi connectivity index (χ0n) is 13.8. The average Bonchev–Trinajstić information content (AvgIpc) is 2.88. The van der Waals surface area contributed by atoms with Crippen molar-refractivity contribution in [1.82, 2.24) is 15.0 Å². The third kappa shape index (κ3) is 3.36. The topological polar surface area (TPSA) is 56.1 Å². The number of amides is 1. The maximum absolute atomic E-state index is 14.3. The highest BCUT2D eigenvalue weighted by Crippen LogP contribution is 2.31. The van der Waals surface area contributed by atoms with E-state index in [2.05, 4.69) is 10.5 Å². The predicted octanol–water partition coefficient (Wildman–Crippen LogP) is 3.87. The number of nitrogens with one attached hydrogen (secondary N) is 1. The van der Waals surface area contributed by atoms with E-state index in [1.54, 1.807) is 36.0 Å². The molecular weight excluding hydrogens is 345 g/mol. The minimum Gasteiger partial charge on any atom is -0.329 e. The van der Waals surface area contributed by atoms with Gasteiger partial charge in [0.2, 0.25) is 0 Å². The van der Waals surface area contributed by atoms with Crippen molar-refractivity contribution in [3.8, 4) is 0 Å². The van der Waals surface area contributed by atoms with Gasteiger partial charge in [0.1, 0.15) is 11.5 Å². The molecule has 0 aliphatic carbocycles. The second-order valence-corrected chi connectivity index (χ2v) is 5.98. The maximum Gasteiger partial charge on any atom is 0.293 e. The van der Waals surface area contributed by atoms with E-state index in [0.29, 0.717) is 23.1 Å². The van der Waals surface area contributed by atoms with Crippen LogP contribution in [0.25, 0.3) is 10.9 Å². The number of hydroxylamine groups is 1. The lowest BCUT2D eigenvalue weighted by atomic mass is 10.1. The zero-order chi connectivity index (χ0) is 18.0. The minimum absolute atomic E-state index is 0.149. The lowest BCUT2D eigenvalue weighted by Gasteiger charge is -2.12.